The number of halogens is 2. The van der Waals surface area contributed by atoms with Crippen LogP contribution in [-0.2, 0) is 9.31 Å². The molecule has 0 saturated carbocycles. The predicted molar refractivity (Wildman–Crippen MR) is 73.5 cm³/mol. The Morgan fingerprint density at radius 2 is 1.63 bits per heavy atom. The maximum atomic E-state index is 12.5. The van der Waals surface area contributed by atoms with Gasteiger partial charge in [0, 0.05) is 0 Å². The number of alkyl halides is 2. The molecule has 0 radical (unpaired) electrons. The first kappa shape index (κ1) is 16.1. The predicted octanol–water partition coefficient (Wildman–Crippen LogP) is 3.41. The number of rotatable bonds is 4. The fourth-order valence-electron chi connectivity index (χ4n) is 1.52. The zero-order chi connectivity index (χ0) is 14.8. The molecule has 19 heavy (non-hydrogen) atoms. The van der Waals surface area contributed by atoms with Crippen LogP contribution in [0.2, 0.25) is 0 Å². The van der Waals surface area contributed by atoms with E-state index in [1.165, 1.54) is 12.2 Å². The summed E-state index contributed by atoms with van der Waals surface area (Å²) in [7, 11) is -0.537. The number of hydrogen-bond donors (Lipinski definition) is 0. The molecule has 3 nitrogen and oxygen atoms in total. The van der Waals surface area contributed by atoms with Crippen LogP contribution >= 0.6 is 0 Å². The summed E-state index contributed by atoms with van der Waals surface area (Å²) < 4.78 is 36.6. The van der Waals surface area contributed by atoms with Crippen molar-refractivity contribution in [3.63, 3.8) is 0 Å². The second-order valence-electron chi connectivity index (χ2n) is 5.55. The van der Waals surface area contributed by atoms with Crippen molar-refractivity contribution in [1.29, 1.82) is 0 Å². The summed E-state index contributed by atoms with van der Waals surface area (Å²) in [4.78, 5) is 3.28. The summed E-state index contributed by atoms with van der Waals surface area (Å²) in [5, 5.41) is 0. The van der Waals surface area contributed by atoms with Gasteiger partial charge < -0.3 is 9.31 Å². The molecule has 0 aromatic rings. The van der Waals surface area contributed by atoms with Gasteiger partial charge in [-0.05, 0) is 52.9 Å². The van der Waals surface area contributed by atoms with Gasteiger partial charge in [-0.1, -0.05) is 6.08 Å². The molecule has 1 aliphatic heterocycles. The van der Waals surface area contributed by atoms with E-state index in [2.05, 4.69) is 11.7 Å². The maximum Gasteiger partial charge on any atom is 0.490 e. The average molecular weight is 271 g/mol. The van der Waals surface area contributed by atoms with E-state index in [1.807, 2.05) is 27.7 Å². The van der Waals surface area contributed by atoms with Crippen LogP contribution < -0.4 is 0 Å². The lowest BCUT2D eigenvalue weighted by Crippen LogP contribution is -2.41. The molecule has 0 aliphatic carbocycles. The molecule has 0 unspecified atom stereocenters. The summed E-state index contributed by atoms with van der Waals surface area (Å²) in [6, 6.07) is 0. The van der Waals surface area contributed by atoms with Crippen LogP contribution in [0.5, 0.6) is 0 Å². The highest BCUT2D eigenvalue weighted by Crippen LogP contribution is 2.38. The third-order valence-corrected chi connectivity index (χ3v) is 3.55. The first-order chi connectivity index (χ1) is 8.60. The van der Waals surface area contributed by atoms with E-state index in [-0.39, 0.29) is 5.70 Å². The molecule has 0 bridgehead atoms. The van der Waals surface area contributed by atoms with E-state index in [4.69, 9.17) is 9.31 Å². The van der Waals surface area contributed by atoms with Crippen LogP contribution in [0.3, 0.4) is 0 Å². The molecule has 0 amide bonds. The molecule has 0 spiro atoms. The Bertz CT molecular complexity index is 401. The Hall–Kier alpha value is -1.01. The van der Waals surface area contributed by atoms with E-state index < -0.39 is 24.7 Å². The van der Waals surface area contributed by atoms with Crippen LogP contribution in [0.1, 0.15) is 34.6 Å². The normalized spacial score (nSPS) is 23.1. The Kier molecular flexibility index (Phi) is 4.69. The average Bonchev–Trinajstić information content (AvgIpc) is 2.48. The van der Waals surface area contributed by atoms with Gasteiger partial charge in [-0.15, -0.1) is 0 Å². The number of nitrogens with zero attached hydrogens (tertiary/aromatic N) is 1. The Balaban J connectivity index is 2.86. The van der Waals surface area contributed by atoms with Gasteiger partial charge in [0.2, 0.25) is 0 Å². The van der Waals surface area contributed by atoms with Gasteiger partial charge in [-0.25, -0.2) is 8.78 Å². The van der Waals surface area contributed by atoms with Crippen LogP contribution in [0.15, 0.2) is 28.3 Å². The molecule has 1 rings (SSSR count). The van der Waals surface area contributed by atoms with E-state index in [1.54, 1.807) is 6.92 Å². The van der Waals surface area contributed by atoms with Crippen molar-refractivity contribution >= 4 is 13.8 Å². The van der Waals surface area contributed by atoms with Gasteiger partial charge in [0.1, 0.15) is 5.70 Å². The Labute approximate surface area is 113 Å². The van der Waals surface area contributed by atoms with Crippen molar-refractivity contribution < 1.29 is 18.1 Å². The first-order valence-electron chi connectivity index (χ1n) is 6.09. The van der Waals surface area contributed by atoms with Crippen molar-refractivity contribution in [2.45, 2.75) is 52.2 Å². The minimum absolute atomic E-state index is 0.365. The van der Waals surface area contributed by atoms with Crippen molar-refractivity contribution in [3.05, 3.63) is 23.3 Å². The van der Waals surface area contributed by atoms with Crippen LogP contribution in [0.4, 0.5) is 8.78 Å². The van der Waals surface area contributed by atoms with Gasteiger partial charge >= 0.3 is 7.12 Å². The number of allylic oxidation sites excluding steroid dienone is 4. The summed E-state index contributed by atoms with van der Waals surface area (Å²) in [6.45, 7) is 12.6. The maximum absolute atomic E-state index is 12.5. The number of hydrogen-bond acceptors (Lipinski definition) is 3. The van der Waals surface area contributed by atoms with Gasteiger partial charge in [0.25, 0.3) is 6.43 Å². The summed E-state index contributed by atoms with van der Waals surface area (Å²) in [6.07, 6.45) is 0.121. The number of aliphatic imine (C=N–C) groups is 1. The largest absolute Gasteiger partial charge is 0.490 e. The van der Waals surface area contributed by atoms with Gasteiger partial charge in [0.05, 0.1) is 11.2 Å². The lowest BCUT2D eigenvalue weighted by atomic mass is 9.79. The third kappa shape index (κ3) is 3.51. The van der Waals surface area contributed by atoms with Gasteiger partial charge in [-0.2, -0.15) is 0 Å². The molecule has 6 heteroatoms. The summed E-state index contributed by atoms with van der Waals surface area (Å²) in [5.74, 6) is 0. The van der Waals surface area contributed by atoms with E-state index in [0.29, 0.717) is 5.47 Å². The highest BCUT2D eigenvalue weighted by atomic mass is 19.3. The molecule has 1 heterocycles. The molecule has 0 aromatic carbocycles. The quantitative estimate of drug-likeness (QED) is 0.445. The highest BCUT2D eigenvalue weighted by molar-refractivity contribution is 6.54. The van der Waals surface area contributed by atoms with Crippen molar-refractivity contribution in [1.82, 2.24) is 0 Å². The molecular weight excluding hydrogens is 251 g/mol. The van der Waals surface area contributed by atoms with E-state index in [9.17, 15) is 8.78 Å². The van der Waals surface area contributed by atoms with Crippen molar-refractivity contribution in [2.75, 3.05) is 0 Å². The van der Waals surface area contributed by atoms with Crippen LogP contribution in [0.25, 0.3) is 0 Å². The van der Waals surface area contributed by atoms with Gasteiger partial charge in [-0.3, -0.25) is 4.99 Å². The highest BCUT2D eigenvalue weighted by Gasteiger charge is 2.51. The Morgan fingerprint density at radius 3 is 2.00 bits per heavy atom. The zero-order valence-corrected chi connectivity index (χ0v) is 12.0. The topological polar surface area (TPSA) is 30.8 Å². The van der Waals surface area contributed by atoms with Gasteiger partial charge in [0.15, 0.2) is 0 Å². The monoisotopic (exact) mass is 271 g/mol. The molecule has 1 aliphatic rings. The van der Waals surface area contributed by atoms with E-state index in [0.717, 1.165) is 0 Å². The fraction of sp³-hybridized carbons (Fsp3) is 0.615. The second-order valence-corrected chi connectivity index (χ2v) is 5.55. The van der Waals surface area contributed by atoms with Crippen molar-refractivity contribution in [3.8, 4) is 0 Å². The standard InChI is InChI=1S/C13H20BF2NO2/c1-9(7-8-10(17-6)11(15)16)14-18-12(2,3)13(4,5)19-14/h7-8,11H,6H2,1-5H3/b9-7+,10-8-. The zero-order valence-electron chi connectivity index (χ0n) is 12.0. The lowest BCUT2D eigenvalue weighted by Gasteiger charge is -2.32. The molecule has 0 N–H and O–H groups in total. The molecule has 106 valence electrons. The molecule has 1 fully saturated rings. The molecule has 0 aromatic heterocycles. The fourth-order valence-corrected chi connectivity index (χ4v) is 1.52. The van der Waals surface area contributed by atoms with E-state index >= 15 is 0 Å². The first-order valence-corrected chi connectivity index (χ1v) is 6.09. The SMILES string of the molecule is C=N/C(=C\C=C(/C)B1OC(C)(C)C(C)(C)O1)C(F)F. The molecule has 0 atom stereocenters. The molecular formula is C13H20BF2NO2. The Morgan fingerprint density at radius 1 is 1.16 bits per heavy atom. The third-order valence-electron chi connectivity index (χ3n) is 3.55. The van der Waals surface area contributed by atoms with Crippen LogP contribution in [-0.4, -0.2) is 31.5 Å². The van der Waals surface area contributed by atoms with Crippen LogP contribution in [0, 0.1) is 0 Å². The minimum Gasteiger partial charge on any atom is -0.400 e. The summed E-state index contributed by atoms with van der Waals surface area (Å²) >= 11 is 0. The second kappa shape index (κ2) is 5.55. The smallest absolute Gasteiger partial charge is 0.400 e. The van der Waals surface area contributed by atoms with Crippen molar-refractivity contribution in [2.24, 2.45) is 4.99 Å². The summed E-state index contributed by atoms with van der Waals surface area (Å²) in [5.41, 5.74) is -0.548. The lowest BCUT2D eigenvalue weighted by molar-refractivity contribution is 0.00578. The molecule has 1 saturated heterocycles. The minimum atomic E-state index is -2.64.